The molecule has 1 amide bonds. The molecular formula is C19H25N3O2S. The first-order chi connectivity index (χ1) is 12.1. The summed E-state index contributed by atoms with van der Waals surface area (Å²) in [7, 11) is 0. The maximum atomic E-state index is 12.9. The number of nitrogens with one attached hydrogen (secondary N) is 1. The lowest BCUT2D eigenvalue weighted by atomic mass is 9.89. The van der Waals surface area contributed by atoms with Gasteiger partial charge in [0.05, 0.1) is 11.7 Å². The SMILES string of the molecule is C[C@@H]1CCc2c(sc3ncn(CC(=O)NC4CCCCC4)c(=O)c23)C1. The van der Waals surface area contributed by atoms with Gasteiger partial charge in [0.25, 0.3) is 5.56 Å². The highest BCUT2D eigenvalue weighted by molar-refractivity contribution is 7.18. The zero-order chi connectivity index (χ0) is 17.4. The number of thiophene rings is 1. The second-order valence-corrected chi connectivity index (χ2v) is 8.70. The molecule has 1 saturated carbocycles. The fraction of sp³-hybridized carbons (Fsp3) is 0.632. The van der Waals surface area contributed by atoms with Crippen molar-refractivity contribution in [1.82, 2.24) is 14.9 Å². The van der Waals surface area contributed by atoms with Crippen LogP contribution in [0.2, 0.25) is 0 Å². The number of fused-ring (bicyclic) bond motifs is 3. The Morgan fingerprint density at radius 2 is 2.12 bits per heavy atom. The van der Waals surface area contributed by atoms with Crippen LogP contribution in [0.3, 0.4) is 0 Å². The Morgan fingerprint density at radius 1 is 1.32 bits per heavy atom. The highest BCUT2D eigenvalue weighted by Crippen LogP contribution is 2.35. The smallest absolute Gasteiger partial charge is 0.262 e. The summed E-state index contributed by atoms with van der Waals surface area (Å²) in [4.78, 5) is 31.9. The van der Waals surface area contributed by atoms with Crippen LogP contribution >= 0.6 is 11.3 Å². The van der Waals surface area contributed by atoms with Gasteiger partial charge < -0.3 is 5.32 Å². The predicted molar refractivity (Wildman–Crippen MR) is 100 cm³/mol. The van der Waals surface area contributed by atoms with Crippen LogP contribution in [0, 0.1) is 5.92 Å². The van der Waals surface area contributed by atoms with E-state index in [1.165, 1.54) is 40.6 Å². The van der Waals surface area contributed by atoms with Gasteiger partial charge in [0.2, 0.25) is 5.91 Å². The number of carbonyl (C=O) groups is 1. The van der Waals surface area contributed by atoms with E-state index in [1.54, 1.807) is 11.3 Å². The van der Waals surface area contributed by atoms with Gasteiger partial charge in [-0.15, -0.1) is 11.3 Å². The molecule has 2 aromatic rings. The molecule has 2 aliphatic carbocycles. The number of carbonyl (C=O) groups excluding carboxylic acids is 1. The van der Waals surface area contributed by atoms with Gasteiger partial charge in [-0.05, 0) is 43.6 Å². The Labute approximate surface area is 151 Å². The summed E-state index contributed by atoms with van der Waals surface area (Å²) in [6.07, 6.45) is 10.4. The van der Waals surface area contributed by atoms with E-state index in [4.69, 9.17) is 0 Å². The van der Waals surface area contributed by atoms with Crippen molar-refractivity contribution in [1.29, 1.82) is 0 Å². The maximum absolute atomic E-state index is 12.9. The zero-order valence-corrected chi connectivity index (χ0v) is 15.5. The second kappa shape index (κ2) is 6.90. The lowest BCUT2D eigenvalue weighted by Gasteiger charge is -2.22. The molecule has 25 heavy (non-hydrogen) atoms. The summed E-state index contributed by atoms with van der Waals surface area (Å²) >= 11 is 1.65. The van der Waals surface area contributed by atoms with E-state index in [-0.39, 0.29) is 24.1 Å². The first-order valence-electron chi connectivity index (χ1n) is 9.41. The van der Waals surface area contributed by atoms with Crippen molar-refractivity contribution in [3.63, 3.8) is 0 Å². The lowest BCUT2D eigenvalue weighted by Crippen LogP contribution is -2.39. The van der Waals surface area contributed by atoms with Gasteiger partial charge in [0.1, 0.15) is 11.4 Å². The highest BCUT2D eigenvalue weighted by Gasteiger charge is 2.23. The third-order valence-corrected chi connectivity index (χ3v) is 6.73. The number of hydrogen-bond acceptors (Lipinski definition) is 4. The molecular weight excluding hydrogens is 334 g/mol. The Balaban J connectivity index is 1.57. The second-order valence-electron chi connectivity index (χ2n) is 7.61. The van der Waals surface area contributed by atoms with E-state index < -0.39 is 0 Å². The van der Waals surface area contributed by atoms with E-state index >= 15 is 0 Å². The molecule has 1 N–H and O–H groups in total. The number of amides is 1. The molecule has 0 unspecified atom stereocenters. The zero-order valence-electron chi connectivity index (χ0n) is 14.7. The predicted octanol–water partition coefficient (Wildman–Crippen LogP) is 3.03. The number of aromatic nitrogens is 2. The molecule has 1 atom stereocenters. The fourth-order valence-corrected chi connectivity index (χ4v) is 5.49. The summed E-state index contributed by atoms with van der Waals surface area (Å²) in [5.74, 6) is 0.594. The summed E-state index contributed by atoms with van der Waals surface area (Å²) < 4.78 is 1.48. The number of aryl methyl sites for hydroxylation is 1. The fourth-order valence-electron chi connectivity index (χ4n) is 4.15. The summed E-state index contributed by atoms with van der Waals surface area (Å²) in [5.41, 5.74) is 1.12. The van der Waals surface area contributed by atoms with E-state index in [9.17, 15) is 9.59 Å². The van der Waals surface area contributed by atoms with Crippen LogP contribution in [0.1, 0.15) is 55.9 Å². The van der Waals surface area contributed by atoms with Crippen molar-refractivity contribution in [2.45, 2.75) is 70.9 Å². The van der Waals surface area contributed by atoms with Crippen LogP contribution in [-0.4, -0.2) is 21.5 Å². The molecule has 2 aromatic heterocycles. The Morgan fingerprint density at radius 3 is 2.92 bits per heavy atom. The van der Waals surface area contributed by atoms with Gasteiger partial charge >= 0.3 is 0 Å². The minimum atomic E-state index is -0.0760. The van der Waals surface area contributed by atoms with Gasteiger partial charge in [0, 0.05) is 10.9 Å². The molecule has 5 nitrogen and oxygen atoms in total. The average Bonchev–Trinajstić information content (AvgIpc) is 2.96. The van der Waals surface area contributed by atoms with Crippen LogP contribution in [0.5, 0.6) is 0 Å². The Kier molecular flexibility index (Phi) is 4.63. The largest absolute Gasteiger partial charge is 0.352 e. The molecule has 6 heteroatoms. The first-order valence-corrected chi connectivity index (χ1v) is 10.2. The Hall–Kier alpha value is -1.69. The molecule has 4 rings (SSSR count). The van der Waals surface area contributed by atoms with E-state index in [2.05, 4.69) is 17.2 Å². The minimum absolute atomic E-state index is 0.0594. The molecule has 0 bridgehead atoms. The normalized spacial score (nSPS) is 21.2. The molecule has 1 fully saturated rings. The minimum Gasteiger partial charge on any atom is -0.352 e. The van der Waals surface area contributed by atoms with E-state index in [0.29, 0.717) is 5.92 Å². The van der Waals surface area contributed by atoms with Crippen LogP contribution in [-0.2, 0) is 24.2 Å². The van der Waals surface area contributed by atoms with Crippen LogP contribution < -0.4 is 10.9 Å². The number of nitrogens with zero attached hydrogens (tertiary/aromatic N) is 2. The molecule has 0 aromatic carbocycles. The maximum Gasteiger partial charge on any atom is 0.262 e. The molecule has 0 aliphatic heterocycles. The molecule has 2 heterocycles. The van der Waals surface area contributed by atoms with E-state index in [0.717, 1.165) is 42.3 Å². The number of hydrogen-bond donors (Lipinski definition) is 1. The van der Waals surface area contributed by atoms with Crippen molar-refractivity contribution in [3.8, 4) is 0 Å². The van der Waals surface area contributed by atoms with Gasteiger partial charge in [-0.25, -0.2) is 4.98 Å². The van der Waals surface area contributed by atoms with Crippen LogP contribution in [0.15, 0.2) is 11.1 Å². The van der Waals surface area contributed by atoms with Crippen molar-refractivity contribution in [2.75, 3.05) is 0 Å². The van der Waals surface area contributed by atoms with Crippen LogP contribution in [0.25, 0.3) is 10.2 Å². The Bertz CT molecular complexity index is 848. The van der Waals surface area contributed by atoms with Crippen molar-refractivity contribution in [2.24, 2.45) is 5.92 Å². The number of rotatable bonds is 3. The average molecular weight is 359 g/mol. The summed E-state index contributed by atoms with van der Waals surface area (Å²) in [5, 5.41) is 3.83. The van der Waals surface area contributed by atoms with Gasteiger partial charge in [-0.1, -0.05) is 26.2 Å². The van der Waals surface area contributed by atoms with Crippen LogP contribution in [0.4, 0.5) is 0 Å². The highest BCUT2D eigenvalue weighted by atomic mass is 32.1. The molecule has 0 spiro atoms. The molecule has 0 radical (unpaired) electrons. The quantitative estimate of drug-likeness (QED) is 0.916. The summed E-state index contributed by atoms with van der Waals surface area (Å²) in [6, 6.07) is 0.268. The van der Waals surface area contributed by atoms with E-state index in [1.807, 2.05) is 0 Å². The molecule has 2 aliphatic rings. The van der Waals surface area contributed by atoms with Gasteiger partial charge in [-0.3, -0.25) is 14.2 Å². The van der Waals surface area contributed by atoms with Crippen molar-refractivity contribution >= 4 is 27.5 Å². The summed E-state index contributed by atoms with van der Waals surface area (Å²) in [6.45, 7) is 2.33. The molecule has 0 saturated heterocycles. The monoisotopic (exact) mass is 359 g/mol. The third-order valence-electron chi connectivity index (χ3n) is 5.57. The van der Waals surface area contributed by atoms with Gasteiger partial charge in [-0.2, -0.15) is 0 Å². The first kappa shape index (κ1) is 16.8. The van der Waals surface area contributed by atoms with Gasteiger partial charge in [0.15, 0.2) is 0 Å². The third kappa shape index (κ3) is 3.36. The molecule has 134 valence electrons. The van der Waals surface area contributed by atoms with Crippen molar-refractivity contribution in [3.05, 3.63) is 27.1 Å². The standard InChI is InChI=1S/C19H25N3O2S/c1-12-7-8-14-15(9-12)25-18-17(14)19(24)22(11-20-18)10-16(23)21-13-5-3-2-4-6-13/h11-13H,2-10H2,1H3,(H,21,23)/t12-/m1/s1. The lowest BCUT2D eigenvalue weighted by molar-refractivity contribution is -0.122. The topological polar surface area (TPSA) is 64.0 Å². The van der Waals surface area contributed by atoms with Crippen molar-refractivity contribution < 1.29 is 4.79 Å².